The molecule has 0 atom stereocenters. The van der Waals surface area contributed by atoms with Gasteiger partial charge in [-0.3, -0.25) is 0 Å². The fraction of sp³-hybridized carbons (Fsp3) is 0.500. The molecule has 0 aliphatic carbocycles. The van der Waals surface area contributed by atoms with Crippen molar-refractivity contribution in [2.45, 2.75) is 52.1 Å². The van der Waals surface area contributed by atoms with E-state index in [1.165, 1.54) is 0 Å². The van der Waals surface area contributed by atoms with Crippen LogP contribution in [0.15, 0.2) is 36.4 Å². The molecule has 2 rings (SSSR count). The summed E-state index contributed by atoms with van der Waals surface area (Å²) in [7, 11) is -1.13. The monoisotopic (exact) mass is 404 g/mol. The molecule has 0 amide bonds. The highest BCUT2D eigenvalue weighted by Crippen LogP contribution is 2.33. The molecule has 0 heterocycles. The van der Waals surface area contributed by atoms with E-state index in [0.717, 1.165) is 16.8 Å². The summed E-state index contributed by atoms with van der Waals surface area (Å²) in [5.41, 5.74) is -1.09. The van der Waals surface area contributed by atoms with Crippen molar-refractivity contribution in [3.05, 3.63) is 36.4 Å². The maximum absolute atomic E-state index is 12.1. The smallest absolute Gasteiger partial charge is 0.349 e. The normalized spacial score (nSPS) is 12.1. The van der Waals surface area contributed by atoms with Gasteiger partial charge in [0.1, 0.15) is 11.5 Å². The molecule has 0 aromatic heterocycles. The lowest BCUT2D eigenvalue weighted by Crippen LogP contribution is -2.39. The molecule has 28 heavy (non-hydrogen) atoms. The standard InChI is InChI=1S/C22H32O5Si/c1-7-25-21(23)22(2,3)27-18-14-17-10-8-9-11-19(17)20(15-18)26-16-24-12-13-28(4,5)6/h8-11,14-15H,7,12-13,16H2,1-6H3. The van der Waals surface area contributed by atoms with Gasteiger partial charge >= 0.3 is 5.97 Å². The molecule has 0 unspecified atom stereocenters. The largest absolute Gasteiger partial charge is 0.476 e. The van der Waals surface area contributed by atoms with Crippen molar-refractivity contribution in [1.82, 2.24) is 0 Å². The van der Waals surface area contributed by atoms with E-state index < -0.39 is 19.6 Å². The lowest BCUT2D eigenvalue weighted by Gasteiger charge is -2.24. The van der Waals surface area contributed by atoms with Gasteiger partial charge in [0.05, 0.1) is 6.61 Å². The fourth-order valence-corrected chi connectivity index (χ4v) is 3.37. The first-order valence-electron chi connectivity index (χ1n) is 9.72. The predicted octanol–water partition coefficient (Wildman–Crippen LogP) is 5.25. The number of carbonyl (C=O) groups excluding carboxylic acids is 1. The van der Waals surface area contributed by atoms with Crippen molar-refractivity contribution in [2.75, 3.05) is 20.0 Å². The molecule has 0 spiro atoms. The molecule has 0 fully saturated rings. The highest BCUT2D eigenvalue weighted by atomic mass is 28.3. The molecule has 0 aliphatic heterocycles. The Morgan fingerprint density at radius 2 is 1.82 bits per heavy atom. The first-order chi connectivity index (χ1) is 13.1. The van der Waals surface area contributed by atoms with Crippen LogP contribution in [-0.4, -0.2) is 39.7 Å². The van der Waals surface area contributed by atoms with Crippen molar-refractivity contribution in [1.29, 1.82) is 0 Å². The number of hydrogen-bond acceptors (Lipinski definition) is 5. The van der Waals surface area contributed by atoms with Crippen molar-refractivity contribution in [3.8, 4) is 11.5 Å². The third-order valence-electron chi connectivity index (χ3n) is 4.23. The highest BCUT2D eigenvalue weighted by molar-refractivity contribution is 6.76. The minimum Gasteiger partial charge on any atom is -0.476 e. The number of ether oxygens (including phenoxy) is 4. The lowest BCUT2D eigenvalue weighted by atomic mass is 10.1. The molecule has 0 bridgehead atoms. The van der Waals surface area contributed by atoms with Gasteiger partial charge in [0.25, 0.3) is 0 Å². The first kappa shape index (κ1) is 22.2. The van der Waals surface area contributed by atoms with Crippen LogP contribution in [-0.2, 0) is 14.3 Å². The van der Waals surface area contributed by atoms with Crippen LogP contribution in [0.5, 0.6) is 11.5 Å². The maximum atomic E-state index is 12.1. The van der Waals surface area contributed by atoms with Crippen LogP contribution in [0.4, 0.5) is 0 Å². The zero-order valence-corrected chi connectivity index (χ0v) is 18.8. The van der Waals surface area contributed by atoms with Crippen molar-refractivity contribution >= 4 is 24.8 Å². The Hall–Kier alpha value is -2.05. The molecule has 154 valence electrons. The van der Waals surface area contributed by atoms with Gasteiger partial charge in [0, 0.05) is 26.1 Å². The fourth-order valence-electron chi connectivity index (χ4n) is 2.61. The summed E-state index contributed by atoms with van der Waals surface area (Å²) >= 11 is 0. The number of rotatable bonds is 10. The molecule has 2 aromatic rings. The SMILES string of the molecule is CCOC(=O)C(C)(C)Oc1cc(OCOCC[Si](C)(C)C)c2ccccc2c1. The van der Waals surface area contributed by atoms with E-state index >= 15 is 0 Å². The lowest BCUT2D eigenvalue weighted by molar-refractivity contribution is -0.158. The molecule has 0 saturated carbocycles. The van der Waals surface area contributed by atoms with Gasteiger partial charge in [-0.25, -0.2) is 4.79 Å². The van der Waals surface area contributed by atoms with E-state index in [0.29, 0.717) is 24.7 Å². The molecule has 0 aliphatic rings. The topological polar surface area (TPSA) is 54.0 Å². The van der Waals surface area contributed by atoms with E-state index in [1.54, 1.807) is 26.8 Å². The zero-order valence-electron chi connectivity index (χ0n) is 17.8. The van der Waals surface area contributed by atoms with E-state index in [9.17, 15) is 4.79 Å². The Morgan fingerprint density at radius 1 is 1.11 bits per heavy atom. The first-order valence-corrected chi connectivity index (χ1v) is 13.4. The number of fused-ring (bicyclic) bond motifs is 1. The van der Waals surface area contributed by atoms with Crippen LogP contribution in [0.25, 0.3) is 10.8 Å². The summed E-state index contributed by atoms with van der Waals surface area (Å²) < 4.78 is 22.6. The average molecular weight is 405 g/mol. The summed E-state index contributed by atoms with van der Waals surface area (Å²) in [5, 5.41) is 1.94. The van der Waals surface area contributed by atoms with Crippen molar-refractivity contribution in [2.24, 2.45) is 0 Å². The van der Waals surface area contributed by atoms with Gasteiger partial charge in [-0.2, -0.15) is 0 Å². The minimum atomic E-state index is -1.13. The molecule has 0 saturated heterocycles. The van der Waals surface area contributed by atoms with E-state index in [1.807, 2.05) is 30.3 Å². The summed E-state index contributed by atoms with van der Waals surface area (Å²) in [5.74, 6) is 0.815. The van der Waals surface area contributed by atoms with Crippen LogP contribution in [0.1, 0.15) is 20.8 Å². The van der Waals surface area contributed by atoms with Gasteiger partial charge in [-0.15, -0.1) is 0 Å². The van der Waals surface area contributed by atoms with Crippen LogP contribution in [0, 0.1) is 0 Å². The predicted molar refractivity (Wildman–Crippen MR) is 115 cm³/mol. The molecule has 6 heteroatoms. The van der Waals surface area contributed by atoms with E-state index in [-0.39, 0.29) is 6.79 Å². The molecule has 2 aromatic carbocycles. The maximum Gasteiger partial charge on any atom is 0.349 e. The third kappa shape index (κ3) is 6.53. The summed E-state index contributed by atoms with van der Waals surface area (Å²) in [4.78, 5) is 12.1. The van der Waals surface area contributed by atoms with Gasteiger partial charge in [0.2, 0.25) is 0 Å². The number of esters is 1. The third-order valence-corrected chi connectivity index (χ3v) is 5.94. The molecular formula is C22H32O5Si. The molecular weight excluding hydrogens is 372 g/mol. The van der Waals surface area contributed by atoms with Crippen LogP contribution < -0.4 is 9.47 Å². The zero-order chi connectivity index (χ0) is 20.8. The second-order valence-corrected chi connectivity index (χ2v) is 14.1. The minimum absolute atomic E-state index is 0.180. The summed E-state index contributed by atoms with van der Waals surface area (Å²) in [6.45, 7) is 13.3. The van der Waals surface area contributed by atoms with E-state index in [2.05, 4.69) is 19.6 Å². The number of carbonyl (C=O) groups is 1. The van der Waals surface area contributed by atoms with Crippen molar-refractivity contribution < 1.29 is 23.7 Å². The highest BCUT2D eigenvalue weighted by Gasteiger charge is 2.32. The molecule has 0 radical (unpaired) electrons. The quantitative estimate of drug-likeness (QED) is 0.234. The second kappa shape index (κ2) is 9.43. The Labute approximate surface area is 168 Å². The van der Waals surface area contributed by atoms with Gasteiger partial charge < -0.3 is 18.9 Å². The molecule has 5 nitrogen and oxygen atoms in total. The Morgan fingerprint density at radius 3 is 2.50 bits per heavy atom. The van der Waals surface area contributed by atoms with Crippen LogP contribution >= 0.6 is 0 Å². The van der Waals surface area contributed by atoms with Crippen LogP contribution in [0.2, 0.25) is 25.7 Å². The Kier molecular flexibility index (Phi) is 7.49. The van der Waals surface area contributed by atoms with Crippen molar-refractivity contribution in [3.63, 3.8) is 0 Å². The number of benzene rings is 2. The number of hydrogen-bond donors (Lipinski definition) is 0. The van der Waals surface area contributed by atoms with Gasteiger partial charge in [-0.1, -0.05) is 43.9 Å². The van der Waals surface area contributed by atoms with Crippen LogP contribution in [0.3, 0.4) is 0 Å². The Bertz CT molecular complexity index is 795. The van der Waals surface area contributed by atoms with Gasteiger partial charge in [0.15, 0.2) is 12.4 Å². The Balaban J connectivity index is 2.15. The average Bonchev–Trinajstić information content (AvgIpc) is 2.60. The summed E-state index contributed by atoms with van der Waals surface area (Å²) in [6.07, 6.45) is 0. The molecule has 0 N–H and O–H groups in total. The second-order valence-electron chi connectivity index (χ2n) is 8.46. The van der Waals surface area contributed by atoms with Gasteiger partial charge in [-0.05, 0) is 38.3 Å². The van der Waals surface area contributed by atoms with E-state index in [4.69, 9.17) is 18.9 Å². The summed E-state index contributed by atoms with van der Waals surface area (Å²) in [6, 6.07) is 12.7.